The molecule has 0 unspecified atom stereocenters. The van der Waals surface area contributed by atoms with Crippen LogP contribution in [0.2, 0.25) is 0 Å². The standard InChI is InChI=1S/C24H31NO4S/c1-4-19-5-7-20(8-6-19)15-25(22-13-14-30(27,28)17-22)24(26)16-29-23-11-9-21(10-12-23)18(2)3/h5-12,18,22H,4,13-17H2,1-3H3/t22-/m1/s1. The lowest BCUT2D eigenvalue weighted by molar-refractivity contribution is -0.136. The third kappa shape index (κ3) is 5.85. The zero-order chi connectivity index (χ0) is 21.7. The molecule has 1 amide bonds. The molecule has 1 atom stereocenters. The summed E-state index contributed by atoms with van der Waals surface area (Å²) in [7, 11) is -3.09. The van der Waals surface area contributed by atoms with Gasteiger partial charge in [-0.2, -0.15) is 0 Å². The fourth-order valence-corrected chi connectivity index (χ4v) is 5.43. The second-order valence-corrected chi connectivity index (χ2v) is 10.5. The molecule has 1 saturated heterocycles. The van der Waals surface area contributed by atoms with Gasteiger partial charge in [-0.1, -0.05) is 57.2 Å². The van der Waals surface area contributed by atoms with Gasteiger partial charge in [-0.25, -0.2) is 8.42 Å². The third-order valence-corrected chi connectivity index (χ3v) is 7.41. The molecule has 1 fully saturated rings. The monoisotopic (exact) mass is 429 g/mol. The number of rotatable bonds is 8. The van der Waals surface area contributed by atoms with Crippen molar-refractivity contribution in [1.82, 2.24) is 4.90 Å². The average Bonchev–Trinajstić information content (AvgIpc) is 3.10. The Labute approximate surface area is 180 Å². The fourth-order valence-electron chi connectivity index (χ4n) is 3.70. The summed E-state index contributed by atoms with van der Waals surface area (Å²) in [6, 6.07) is 15.6. The van der Waals surface area contributed by atoms with Gasteiger partial charge in [0.1, 0.15) is 5.75 Å². The van der Waals surface area contributed by atoms with Gasteiger partial charge in [-0.3, -0.25) is 4.79 Å². The predicted octanol–water partition coefficient (Wildman–Crippen LogP) is 3.97. The third-order valence-electron chi connectivity index (χ3n) is 5.66. The summed E-state index contributed by atoms with van der Waals surface area (Å²) in [5.41, 5.74) is 3.43. The highest BCUT2D eigenvalue weighted by molar-refractivity contribution is 7.91. The van der Waals surface area contributed by atoms with E-state index in [9.17, 15) is 13.2 Å². The van der Waals surface area contributed by atoms with Crippen molar-refractivity contribution in [3.63, 3.8) is 0 Å². The van der Waals surface area contributed by atoms with E-state index in [2.05, 4.69) is 32.9 Å². The van der Waals surface area contributed by atoms with Crippen LogP contribution >= 0.6 is 0 Å². The van der Waals surface area contributed by atoms with Crippen LogP contribution in [0.5, 0.6) is 5.75 Å². The Morgan fingerprint density at radius 3 is 2.23 bits per heavy atom. The Bertz CT molecular complexity index is 950. The Balaban J connectivity index is 1.70. The molecule has 0 bridgehead atoms. The highest BCUT2D eigenvalue weighted by atomic mass is 32.2. The Hall–Kier alpha value is -2.34. The first-order valence-electron chi connectivity index (χ1n) is 10.6. The van der Waals surface area contributed by atoms with Crippen molar-refractivity contribution in [3.8, 4) is 5.75 Å². The molecule has 0 spiro atoms. The number of benzene rings is 2. The van der Waals surface area contributed by atoms with Gasteiger partial charge in [0.25, 0.3) is 5.91 Å². The summed E-state index contributed by atoms with van der Waals surface area (Å²) in [5, 5.41) is 0. The van der Waals surface area contributed by atoms with Gasteiger partial charge in [0, 0.05) is 12.6 Å². The molecular formula is C24H31NO4S. The van der Waals surface area contributed by atoms with Gasteiger partial charge in [0.05, 0.1) is 11.5 Å². The Kier molecular flexibility index (Phi) is 7.19. The molecule has 1 aliphatic heterocycles. The van der Waals surface area contributed by atoms with Crippen molar-refractivity contribution in [2.45, 2.75) is 52.1 Å². The first kappa shape index (κ1) is 22.3. The smallest absolute Gasteiger partial charge is 0.261 e. The van der Waals surface area contributed by atoms with E-state index in [0.29, 0.717) is 24.6 Å². The van der Waals surface area contributed by atoms with Gasteiger partial charge in [-0.15, -0.1) is 0 Å². The number of aryl methyl sites for hydroxylation is 1. The number of amides is 1. The Morgan fingerprint density at radius 2 is 1.70 bits per heavy atom. The molecule has 5 nitrogen and oxygen atoms in total. The quantitative estimate of drug-likeness (QED) is 0.637. The van der Waals surface area contributed by atoms with E-state index in [1.54, 1.807) is 4.90 Å². The van der Waals surface area contributed by atoms with Gasteiger partial charge in [0.2, 0.25) is 0 Å². The molecule has 2 aromatic rings. The molecule has 2 aromatic carbocycles. The molecule has 0 aliphatic carbocycles. The maximum absolute atomic E-state index is 13.0. The number of nitrogens with zero attached hydrogens (tertiary/aromatic N) is 1. The van der Waals surface area contributed by atoms with Crippen LogP contribution in [0.25, 0.3) is 0 Å². The van der Waals surface area contributed by atoms with E-state index < -0.39 is 9.84 Å². The molecule has 0 radical (unpaired) electrons. The summed E-state index contributed by atoms with van der Waals surface area (Å²) >= 11 is 0. The summed E-state index contributed by atoms with van der Waals surface area (Å²) < 4.78 is 29.7. The molecule has 1 heterocycles. The molecule has 0 N–H and O–H groups in total. The SMILES string of the molecule is CCc1ccc(CN(C(=O)COc2ccc(C(C)C)cc2)[C@@H]2CCS(=O)(=O)C2)cc1. The lowest BCUT2D eigenvalue weighted by Gasteiger charge is -2.28. The summed E-state index contributed by atoms with van der Waals surface area (Å²) in [5.74, 6) is 1.03. The highest BCUT2D eigenvalue weighted by Crippen LogP contribution is 2.22. The van der Waals surface area contributed by atoms with Gasteiger partial charge >= 0.3 is 0 Å². The normalized spacial score (nSPS) is 17.8. The number of hydrogen-bond acceptors (Lipinski definition) is 4. The van der Waals surface area contributed by atoms with Crippen LogP contribution < -0.4 is 4.74 Å². The molecular weight excluding hydrogens is 398 g/mol. The topological polar surface area (TPSA) is 63.7 Å². The van der Waals surface area contributed by atoms with E-state index in [0.717, 1.165) is 12.0 Å². The molecule has 162 valence electrons. The van der Waals surface area contributed by atoms with Crippen LogP contribution in [0.15, 0.2) is 48.5 Å². The van der Waals surface area contributed by atoms with Crippen LogP contribution in [0, 0.1) is 0 Å². The maximum Gasteiger partial charge on any atom is 0.261 e. The zero-order valence-corrected chi connectivity index (χ0v) is 18.8. The van der Waals surface area contributed by atoms with E-state index in [1.165, 1.54) is 11.1 Å². The molecule has 1 aliphatic rings. The minimum Gasteiger partial charge on any atom is -0.484 e. The number of carbonyl (C=O) groups excluding carboxylic acids is 1. The van der Waals surface area contributed by atoms with Crippen LogP contribution in [0.1, 0.15) is 49.8 Å². The number of ether oxygens (including phenoxy) is 1. The van der Waals surface area contributed by atoms with Crippen LogP contribution in [-0.4, -0.2) is 43.4 Å². The van der Waals surface area contributed by atoms with E-state index in [-0.39, 0.29) is 30.1 Å². The number of sulfone groups is 1. The van der Waals surface area contributed by atoms with E-state index in [4.69, 9.17) is 4.74 Å². The Morgan fingerprint density at radius 1 is 1.07 bits per heavy atom. The molecule has 0 saturated carbocycles. The maximum atomic E-state index is 13.0. The van der Waals surface area contributed by atoms with Crippen molar-refractivity contribution in [2.75, 3.05) is 18.1 Å². The minimum atomic E-state index is -3.09. The van der Waals surface area contributed by atoms with Crippen molar-refractivity contribution in [2.24, 2.45) is 0 Å². The van der Waals surface area contributed by atoms with Crippen molar-refractivity contribution in [3.05, 3.63) is 65.2 Å². The van der Waals surface area contributed by atoms with Crippen molar-refractivity contribution < 1.29 is 17.9 Å². The summed E-state index contributed by atoms with van der Waals surface area (Å²) in [6.45, 7) is 6.63. The molecule has 6 heteroatoms. The van der Waals surface area contributed by atoms with Crippen molar-refractivity contribution in [1.29, 1.82) is 0 Å². The first-order valence-corrected chi connectivity index (χ1v) is 12.4. The zero-order valence-electron chi connectivity index (χ0n) is 18.0. The summed E-state index contributed by atoms with van der Waals surface area (Å²) in [6.07, 6.45) is 1.43. The fraction of sp³-hybridized carbons (Fsp3) is 0.458. The van der Waals surface area contributed by atoms with Crippen LogP contribution in [-0.2, 0) is 27.6 Å². The second kappa shape index (κ2) is 9.65. The molecule has 0 aromatic heterocycles. The van der Waals surface area contributed by atoms with E-state index in [1.807, 2.05) is 36.4 Å². The molecule has 3 rings (SSSR count). The van der Waals surface area contributed by atoms with Crippen molar-refractivity contribution >= 4 is 15.7 Å². The van der Waals surface area contributed by atoms with Gasteiger partial charge in [0.15, 0.2) is 16.4 Å². The lowest BCUT2D eigenvalue weighted by atomic mass is 10.0. The predicted molar refractivity (Wildman–Crippen MR) is 119 cm³/mol. The lowest BCUT2D eigenvalue weighted by Crippen LogP contribution is -2.43. The number of carbonyl (C=O) groups is 1. The van der Waals surface area contributed by atoms with Gasteiger partial charge in [-0.05, 0) is 47.6 Å². The van der Waals surface area contributed by atoms with E-state index >= 15 is 0 Å². The first-order chi connectivity index (χ1) is 14.3. The largest absolute Gasteiger partial charge is 0.484 e. The van der Waals surface area contributed by atoms with Gasteiger partial charge < -0.3 is 9.64 Å². The summed E-state index contributed by atoms with van der Waals surface area (Å²) in [4.78, 5) is 14.7. The second-order valence-electron chi connectivity index (χ2n) is 8.26. The van der Waals surface area contributed by atoms with Crippen LogP contribution in [0.3, 0.4) is 0 Å². The van der Waals surface area contributed by atoms with Crippen LogP contribution in [0.4, 0.5) is 0 Å². The molecule has 30 heavy (non-hydrogen) atoms. The average molecular weight is 430 g/mol. The number of hydrogen-bond donors (Lipinski definition) is 0. The minimum absolute atomic E-state index is 0.0227. The highest BCUT2D eigenvalue weighted by Gasteiger charge is 2.34.